The summed E-state index contributed by atoms with van der Waals surface area (Å²) in [7, 11) is 0. The van der Waals surface area contributed by atoms with Crippen LogP contribution >= 0.6 is 0 Å². The van der Waals surface area contributed by atoms with E-state index in [0.29, 0.717) is 0 Å². The monoisotopic (exact) mass is 268 g/mol. The summed E-state index contributed by atoms with van der Waals surface area (Å²) >= 11 is 0. The van der Waals surface area contributed by atoms with Crippen molar-refractivity contribution in [2.24, 2.45) is 0 Å². The second kappa shape index (κ2) is 6.84. The fraction of sp³-hybridized carbons (Fsp3) is 0.385. The van der Waals surface area contributed by atoms with Gasteiger partial charge in [-0.05, 0) is 24.6 Å². The number of hydrogen-bond acceptors (Lipinski definition) is 3. The molecule has 0 fully saturated rings. The minimum Gasteiger partial charge on any atom is -0.480 e. The SMILES string of the molecule is CC(=O)NC(CN[C@H](C)c1ccc(F)cc1)C(=O)O. The lowest BCUT2D eigenvalue weighted by Crippen LogP contribution is -2.46. The summed E-state index contributed by atoms with van der Waals surface area (Å²) < 4.78 is 12.8. The van der Waals surface area contributed by atoms with Crippen LogP contribution in [-0.2, 0) is 9.59 Å². The molecule has 0 aliphatic carbocycles. The fourth-order valence-corrected chi connectivity index (χ4v) is 1.61. The summed E-state index contributed by atoms with van der Waals surface area (Å²) in [5, 5.41) is 14.3. The maximum absolute atomic E-state index is 12.8. The summed E-state index contributed by atoms with van der Waals surface area (Å²) in [6, 6.07) is 4.81. The number of nitrogens with one attached hydrogen (secondary N) is 2. The second-order valence-corrected chi connectivity index (χ2v) is 4.27. The van der Waals surface area contributed by atoms with E-state index in [1.807, 2.05) is 6.92 Å². The summed E-state index contributed by atoms with van der Waals surface area (Å²) in [5.41, 5.74) is 0.841. The lowest BCUT2D eigenvalue weighted by atomic mass is 10.1. The average Bonchev–Trinajstić information content (AvgIpc) is 2.34. The normalized spacial score (nSPS) is 13.6. The molecular formula is C13H17FN2O3. The molecule has 0 saturated heterocycles. The fourth-order valence-electron chi connectivity index (χ4n) is 1.61. The molecule has 1 aromatic carbocycles. The summed E-state index contributed by atoms with van der Waals surface area (Å²) in [4.78, 5) is 21.8. The molecule has 0 aliphatic heterocycles. The van der Waals surface area contributed by atoms with Gasteiger partial charge in [-0.3, -0.25) is 4.79 Å². The van der Waals surface area contributed by atoms with Crippen molar-refractivity contribution >= 4 is 11.9 Å². The number of carboxylic acid groups (broad SMARTS) is 1. The zero-order valence-corrected chi connectivity index (χ0v) is 10.8. The molecule has 1 aromatic rings. The molecule has 0 aromatic heterocycles. The largest absolute Gasteiger partial charge is 0.480 e. The van der Waals surface area contributed by atoms with Crippen molar-refractivity contribution in [2.45, 2.75) is 25.9 Å². The maximum Gasteiger partial charge on any atom is 0.327 e. The number of benzene rings is 1. The Hall–Kier alpha value is -1.95. The van der Waals surface area contributed by atoms with Crippen molar-refractivity contribution in [3.05, 3.63) is 35.6 Å². The number of rotatable bonds is 6. The molecule has 0 radical (unpaired) electrons. The molecule has 2 atom stereocenters. The van der Waals surface area contributed by atoms with Crippen molar-refractivity contribution in [3.63, 3.8) is 0 Å². The zero-order chi connectivity index (χ0) is 14.4. The third-order valence-electron chi connectivity index (χ3n) is 2.67. The number of carboxylic acids is 1. The van der Waals surface area contributed by atoms with Crippen molar-refractivity contribution in [1.82, 2.24) is 10.6 Å². The van der Waals surface area contributed by atoms with E-state index in [1.54, 1.807) is 12.1 Å². The Morgan fingerprint density at radius 2 is 1.89 bits per heavy atom. The van der Waals surface area contributed by atoms with E-state index < -0.39 is 17.9 Å². The number of halogens is 1. The van der Waals surface area contributed by atoms with Gasteiger partial charge >= 0.3 is 5.97 Å². The molecule has 6 heteroatoms. The lowest BCUT2D eigenvalue weighted by Gasteiger charge is -2.18. The highest BCUT2D eigenvalue weighted by atomic mass is 19.1. The quantitative estimate of drug-likeness (QED) is 0.721. The van der Waals surface area contributed by atoms with Gasteiger partial charge in [-0.2, -0.15) is 0 Å². The first kappa shape index (κ1) is 15.1. The summed E-state index contributed by atoms with van der Waals surface area (Å²) in [6.45, 7) is 3.19. The highest BCUT2D eigenvalue weighted by molar-refractivity contribution is 5.82. The van der Waals surface area contributed by atoms with Gasteiger partial charge in [0.2, 0.25) is 5.91 Å². The Labute approximate surface area is 110 Å². The molecule has 3 N–H and O–H groups in total. The van der Waals surface area contributed by atoms with E-state index in [4.69, 9.17) is 5.11 Å². The minimum absolute atomic E-state index is 0.0907. The molecule has 0 bridgehead atoms. The van der Waals surface area contributed by atoms with Crippen LogP contribution in [0, 0.1) is 5.82 Å². The van der Waals surface area contributed by atoms with E-state index in [1.165, 1.54) is 19.1 Å². The minimum atomic E-state index is -1.10. The Bertz CT molecular complexity index is 448. The van der Waals surface area contributed by atoms with Crippen molar-refractivity contribution in [1.29, 1.82) is 0 Å². The Balaban J connectivity index is 2.56. The first-order chi connectivity index (χ1) is 8.90. The molecule has 0 aliphatic rings. The predicted octanol–water partition coefficient (Wildman–Crippen LogP) is 1.07. The van der Waals surface area contributed by atoms with Crippen molar-refractivity contribution in [3.8, 4) is 0 Å². The molecule has 0 spiro atoms. The Morgan fingerprint density at radius 1 is 1.32 bits per heavy atom. The van der Waals surface area contributed by atoms with E-state index in [0.717, 1.165) is 5.56 Å². The number of aliphatic carboxylic acids is 1. The molecule has 1 rings (SSSR count). The van der Waals surface area contributed by atoms with Gasteiger partial charge in [0.15, 0.2) is 0 Å². The zero-order valence-electron chi connectivity index (χ0n) is 10.8. The van der Waals surface area contributed by atoms with E-state index in [-0.39, 0.29) is 18.4 Å². The summed E-state index contributed by atoms with van der Waals surface area (Å²) in [6.07, 6.45) is 0. The van der Waals surface area contributed by atoms with Crippen molar-refractivity contribution in [2.75, 3.05) is 6.54 Å². The second-order valence-electron chi connectivity index (χ2n) is 4.27. The average molecular weight is 268 g/mol. The van der Waals surface area contributed by atoms with E-state index in [2.05, 4.69) is 10.6 Å². The third kappa shape index (κ3) is 5.05. The third-order valence-corrected chi connectivity index (χ3v) is 2.67. The topological polar surface area (TPSA) is 78.4 Å². The van der Waals surface area contributed by atoms with Crippen LogP contribution < -0.4 is 10.6 Å². The van der Waals surface area contributed by atoms with Gasteiger partial charge in [0.05, 0.1) is 0 Å². The van der Waals surface area contributed by atoms with Crippen LogP contribution in [0.1, 0.15) is 25.5 Å². The molecular weight excluding hydrogens is 251 g/mol. The standard InChI is InChI=1S/C13H17FN2O3/c1-8(10-3-5-11(14)6-4-10)15-7-12(13(18)19)16-9(2)17/h3-6,8,12,15H,7H2,1-2H3,(H,16,17)(H,18,19)/t8-,12?/m1/s1. The van der Waals surface area contributed by atoms with E-state index >= 15 is 0 Å². The summed E-state index contributed by atoms with van der Waals surface area (Å²) in [5.74, 6) is -1.82. The van der Waals surface area contributed by atoms with Gasteiger partial charge in [-0.15, -0.1) is 0 Å². The van der Waals surface area contributed by atoms with E-state index in [9.17, 15) is 14.0 Å². The highest BCUT2D eigenvalue weighted by Crippen LogP contribution is 2.12. The smallest absolute Gasteiger partial charge is 0.327 e. The number of amides is 1. The molecule has 1 amide bonds. The van der Waals surface area contributed by atoms with Crippen LogP contribution in [-0.4, -0.2) is 29.6 Å². The first-order valence-corrected chi connectivity index (χ1v) is 5.89. The number of carbonyl (C=O) groups is 2. The van der Waals surface area contributed by atoms with Crippen molar-refractivity contribution < 1.29 is 19.1 Å². The van der Waals surface area contributed by atoms with Crippen LogP contribution in [0.25, 0.3) is 0 Å². The van der Waals surface area contributed by atoms with Gasteiger partial charge in [-0.25, -0.2) is 9.18 Å². The molecule has 0 saturated carbocycles. The molecule has 104 valence electrons. The van der Waals surface area contributed by atoms with Gasteiger partial charge in [0, 0.05) is 19.5 Å². The van der Waals surface area contributed by atoms with Gasteiger partial charge in [0.1, 0.15) is 11.9 Å². The lowest BCUT2D eigenvalue weighted by molar-refractivity contribution is -0.141. The van der Waals surface area contributed by atoms with Crippen LogP contribution in [0.4, 0.5) is 4.39 Å². The van der Waals surface area contributed by atoms with Crippen LogP contribution in [0.5, 0.6) is 0 Å². The van der Waals surface area contributed by atoms with Crippen LogP contribution in [0.15, 0.2) is 24.3 Å². The Kier molecular flexibility index (Phi) is 5.44. The molecule has 0 heterocycles. The molecule has 19 heavy (non-hydrogen) atoms. The number of hydrogen-bond donors (Lipinski definition) is 3. The van der Waals surface area contributed by atoms with Crippen LogP contribution in [0.2, 0.25) is 0 Å². The predicted molar refractivity (Wildman–Crippen MR) is 68.1 cm³/mol. The molecule has 5 nitrogen and oxygen atoms in total. The molecule has 1 unspecified atom stereocenters. The Morgan fingerprint density at radius 3 is 2.37 bits per heavy atom. The van der Waals surface area contributed by atoms with Gasteiger partial charge < -0.3 is 15.7 Å². The van der Waals surface area contributed by atoms with Gasteiger partial charge in [0.25, 0.3) is 0 Å². The number of carbonyl (C=O) groups excluding carboxylic acids is 1. The van der Waals surface area contributed by atoms with Crippen LogP contribution in [0.3, 0.4) is 0 Å². The highest BCUT2D eigenvalue weighted by Gasteiger charge is 2.19. The van der Waals surface area contributed by atoms with Gasteiger partial charge in [-0.1, -0.05) is 12.1 Å². The maximum atomic E-state index is 12.8. The first-order valence-electron chi connectivity index (χ1n) is 5.89.